The van der Waals surface area contributed by atoms with Crippen LogP contribution in [-0.2, 0) is 0 Å². The number of anilines is 1. The number of fused-ring (bicyclic) bond motifs is 1. The summed E-state index contributed by atoms with van der Waals surface area (Å²) in [5.74, 6) is 1.85. The number of aliphatic hydroxyl groups excluding tert-OH is 2. The first-order valence-electron chi connectivity index (χ1n) is 8.97. The summed E-state index contributed by atoms with van der Waals surface area (Å²) in [7, 11) is 0. The second-order valence-corrected chi connectivity index (χ2v) is 7.01. The SMILES string of the molecule is OCC(O)CNc1cc(-c2ccc3c(c2)OCO3)cc(-c2cc(Cl)ccc2O)n1. The van der Waals surface area contributed by atoms with Crippen molar-refractivity contribution < 1.29 is 24.8 Å². The van der Waals surface area contributed by atoms with E-state index in [9.17, 15) is 10.2 Å². The number of ether oxygens (including phenoxy) is 2. The molecule has 0 aliphatic carbocycles. The van der Waals surface area contributed by atoms with E-state index in [0.29, 0.717) is 33.6 Å². The molecule has 3 aromatic rings. The van der Waals surface area contributed by atoms with Crippen LogP contribution in [-0.4, -0.2) is 46.4 Å². The lowest BCUT2D eigenvalue weighted by molar-refractivity contribution is 0.105. The second kappa shape index (κ2) is 8.16. The highest BCUT2D eigenvalue weighted by molar-refractivity contribution is 6.31. The monoisotopic (exact) mass is 414 g/mol. The van der Waals surface area contributed by atoms with Gasteiger partial charge in [-0.25, -0.2) is 4.98 Å². The summed E-state index contributed by atoms with van der Waals surface area (Å²) >= 11 is 6.10. The Hall–Kier alpha value is -3.00. The molecule has 0 amide bonds. The van der Waals surface area contributed by atoms with Crippen LogP contribution in [0.5, 0.6) is 17.2 Å². The number of nitrogens with one attached hydrogen (secondary N) is 1. The van der Waals surface area contributed by atoms with Gasteiger partial charge in [0.15, 0.2) is 11.5 Å². The fraction of sp³-hybridized carbons (Fsp3) is 0.190. The Morgan fingerprint density at radius 1 is 1.03 bits per heavy atom. The van der Waals surface area contributed by atoms with Gasteiger partial charge in [-0.3, -0.25) is 0 Å². The molecular formula is C21H19ClN2O5. The van der Waals surface area contributed by atoms with Crippen molar-refractivity contribution >= 4 is 17.4 Å². The highest BCUT2D eigenvalue weighted by Crippen LogP contribution is 2.38. The third-order valence-corrected chi connectivity index (χ3v) is 4.73. The van der Waals surface area contributed by atoms with Gasteiger partial charge in [-0.05, 0) is 53.6 Å². The van der Waals surface area contributed by atoms with Gasteiger partial charge in [0.05, 0.1) is 18.4 Å². The van der Waals surface area contributed by atoms with Crippen LogP contribution >= 0.6 is 11.6 Å². The van der Waals surface area contributed by atoms with Crippen molar-refractivity contribution in [2.45, 2.75) is 6.10 Å². The Morgan fingerprint density at radius 3 is 2.69 bits per heavy atom. The molecule has 150 valence electrons. The molecule has 1 unspecified atom stereocenters. The molecule has 0 bridgehead atoms. The molecule has 2 aromatic carbocycles. The molecule has 29 heavy (non-hydrogen) atoms. The van der Waals surface area contributed by atoms with Gasteiger partial charge in [0.25, 0.3) is 0 Å². The minimum atomic E-state index is -0.922. The van der Waals surface area contributed by atoms with Gasteiger partial charge in [-0.15, -0.1) is 0 Å². The van der Waals surface area contributed by atoms with Crippen LogP contribution < -0.4 is 14.8 Å². The van der Waals surface area contributed by atoms with E-state index in [1.54, 1.807) is 12.1 Å². The average molecular weight is 415 g/mol. The first kappa shape index (κ1) is 19.3. The molecule has 2 heterocycles. The Balaban J connectivity index is 1.78. The fourth-order valence-corrected chi connectivity index (χ4v) is 3.17. The van der Waals surface area contributed by atoms with Crippen molar-refractivity contribution in [3.63, 3.8) is 0 Å². The lowest BCUT2D eigenvalue weighted by Crippen LogP contribution is -2.23. The zero-order valence-corrected chi connectivity index (χ0v) is 16.1. The van der Waals surface area contributed by atoms with E-state index < -0.39 is 6.10 Å². The predicted octanol–water partition coefficient (Wildman–Crippen LogP) is 3.27. The molecule has 0 saturated heterocycles. The number of hydrogen-bond donors (Lipinski definition) is 4. The normalized spacial score (nSPS) is 13.3. The van der Waals surface area contributed by atoms with E-state index in [0.717, 1.165) is 11.1 Å². The number of halogens is 1. The lowest BCUT2D eigenvalue weighted by Gasteiger charge is -2.14. The summed E-state index contributed by atoms with van der Waals surface area (Å²) < 4.78 is 10.8. The molecule has 0 saturated carbocycles. The Morgan fingerprint density at radius 2 is 1.86 bits per heavy atom. The maximum absolute atomic E-state index is 10.3. The number of rotatable bonds is 6. The zero-order chi connectivity index (χ0) is 20.4. The first-order valence-corrected chi connectivity index (χ1v) is 9.35. The third-order valence-electron chi connectivity index (χ3n) is 4.50. The van der Waals surface area contributed by atoms with E-state index in [1.807, 2.05) is 30.3 Å². The highest BCUT2D eigenvalue weighted by atomic mass is 35.5. The maximum Gasteiger partial charge on any atom is 0.231 e. The van der Waals surface area contributed by atoms with Crippen LogP contribution in [0.4, 0.5) is 5.82 Å². The molecule has 4 N–H and O–H groups in total. The maximum atomic E-state index is 10.3. The van der Waals surface area contributed by atoms with Gasteiger partial charge in [0.1, 0.15) is 11.6 Å². The molecule has 0 fully saturated rings. The molecule has 7 nitrogen and oxygen atoms in total. The Kier molecular flexibility index (Phi) is 5.44. The van der Waals surface area contributed by atoms with E-state index >= 15 is 0 Å². The molecule has 1 aliphatic rings. The number of benzene rings is 2. The van der Waals surface area contributed by atoms with E-state index in [4.69, 9.17) is 26.2 Å². The number of aliphatic hydroxyl groups is 2. The van der Waals surface area contributed by atoms with E-state index in [1.165, 1.54) is 6.07 Å². The molecule has 1 aliphatic heterocycles. The highest BCUT2D eigenvalue weighted by Gasteiger charge is 2.16. The summed E-state index contributed by atoms with van der Waals surface area (Å²) in [4.78, 5) is 4.53. The smallest absolute Gasteiger partial charge is 0.231 e. The predicted molar refractivity (Wildman–Crippen MR) is 109 cm³/mol. The van der Waals surface area contributed by atoms with Crippen molar-refractivity contribution in [2.75, 3.05) is 25.3 Å². The molecule has 1 atom stereocenters. The molecule has 4 rings (SSSR count). The molecule has 1 aromatic heterocycles. The van der Waals surface area contributed by atoms with Crippen molar-refractivity contribution in [1.82, 2.24) is 4.98 Å². The van der Waals surface area contributed by atoms with Crippen LogP contribution in [0.1, 0.15) is 0 Å². The Labute approximate surface area is 172 Å². The Bertz CT molecular complexity index is 1040. The van der Waals surface area contributed by atoms with Crippen molar-refractivity contribution in [3.8, 4) is 39.6 Å². The minimum absolute atomic E-state index is 0.0473. The largest absolute Gasteiger partial charge is 0.507 e. The topological polar surface area (TPSA) is 104 Å². The van der Waals surface area contributed by atoms with Crippen molar-refractivity contribution in [1.29, 1.82) is 0 Å². The van der Waals surface area contributed by atoms with Gasteiger partial charge in [-0.2, -0.15) is 0 Å². The van der Waals surface area contributed by atoms with Crippen LogP contribution in [0, 0.1) is 0 Å². The van der Waals surface area contributed by atoms with Gasteiger partial charge in [0, 0.05) is 17.1 Å². The van der Waals surface area contributed by atoms with Gasteiger partial charge >= 0.3 is 0 Å². The number of aromatic nitrogens is 1. The summed E-state index contributed by atoms with van der Waals surface area (Å²) in [6, 6.07) is 14.0. The van der Waals surface area contributed by atoms with Crippen LogP contribution in [0.2, 0.25) is 5.02 Å². The molecular weight excluding hydrogens is 396 g/mol. The third kappa shape index (κ3) is 4.22. The summed E-state index contributed by atoms with van der Waals surface area (Å²) in [5.41, 5.74) is 2.66. The average Bonchev–Trinajstić information content (AvgIpc) is 3.21. The van der Waals surface area contributed by atoms with Crippen LogP contribution in [0.15, 0.2) is 48.5 Å². The molecule has 0 radical (unpaired) electrons. The molecule has 0 spiro atoms. The number of pyridine rings is 1. The quantitative estimate of drug-likeness (QED) is 0.490. The number of phenolic OH excluding ortho intramolecular Hbond substituents is 1. The van der Waals surface area contributed by atoms with Gasteiger partial charge in [0.2, 0.25) is 6.79 Å². The van der Waals surface area contributed by atoms with E-state index in [2.05, 4.69) is 10.3 Å². The fourth-order valence-electron chi connectivity index (χ4n) is 3.00. The van der Waals surface area contributed by atoms with Crippen LogP contribution in [0.3, 0.4) is 0 Å². The number of phenols is 1. The lowest BCUT2D eigenvalue weighted by atomic mass is 10.0. The summed E-state index contributed by atoms with van der Waals surface area (Å²) in [6.45, 7) is -0.0610. The summed E-state index contributed by atoms with van der Waals surface area (Å²) in [6.07, 6.45) is -0.922. The van der Waals surface area contributed by atoms with Crippen LogP contribution in [0.25, 0.3) is 22.4 Å². The van der Waals surface area contributed by atoms with E-state index in [-0.39, 0.29) is 25.7 Å². The standard InChI is InChI=1S/C21H19ClN2O5/c22-14-2-3-18(27)16(8-14)17-5-13(7-21(24-17)23-9-15(26)10-25)12-1-4-19-20(6-12)29-11-28-19/h1-8,15,25-27H,9-11H2,(H,23,24). The summed E-state index contributed by atoms with van der Waals surface area (Å²) in [5, 5.41) is 32.5. The number of hydrogen-bond acceptors (Lipinski definition) is 7. The van der Waals surface area contributed by atoms with Crippen molar-refractivity contribution in [3.05, 3.63) is 53.6 Å². The second-order valence-electron chi connectivity index (χ2n) is 6.57. The van der Waals surface area contributed by atoms with Gasteiger partial charge in [-0.1, -0.05) is 17.7 Å². The first-order chi connectivity index (χ1) is 14.0. The minimum Gasteiger partial charge on any atom is -0.507 e. The zero-order valence-electron chi connectivity index (χ0n) is 15.3. The molecule has 8 heteroatoms. The number of aromatic hydroxyl groups is 1. The van der Waals surface area contributed by atoms with Crippen molar-refractivity contribution in [2.24, 2.45) is 0 Å². The number of nitrogens with zero attached hydrogens (tertiary/aromatic N) is 1. The van der Waals surface area contributed by atoms with Gasteiger partial charge < -0.3 is 30.1 Å².